The van der Waals surface area contributed by atoms with Gasteiger partial charge in [-0.25, -0.2) is 0 Å². The fourth-order valence-electron chi connectivity index (χ4n) is 2.54. The molecule has 2 rings (SSSR count). The highest BCUT2D eigenvalue weighted by Gasteiger charge is 2.21. The summed E-state index contributed by atoms with van der Waals surface area (Å²) >= 11 is 0. The van der Waals surface area contributed by atoms with Gasteiger partial charge in [0.05, 0.1) is 25.3 Å². The van der Waals surface area contributed by atoms with E-state index in [0.717, 1.165) is 11.1 Å². The molecule has 0 aromatic heterocycles. The SMILES string of the molecule is CC(C)[C@H](N)C(=O)N[C@H](COCc1ccccc1)Cc1ccccc1. The minimum atomic E-state index is -0.507. The minimum absolute atomic E-state index is 0.0996. The number of carbonyl (C=O) groups is 1. The standard InChI is InChI=1S/C21H28N2O2/c1-16(2)20(22)21(24)23-19(13-17-9-5-3-6-10-17)15-25-14-18-11-7-4-8-12-18/h3-12,16,19-20H,13-15,22H2,1-2H3,(H,23,24)/t19-,20-/m0/s1. The minimum Gasteiger partial charge on any atom is -0.375 e. The topological polar surface area (TPSA) is 64.4 Å². The van der Waals surface area contributed by atoms with Gasteiger partial charge in [0.1, 0.15) is 0 Å². The van der Waals surface area contributed by atoms with E-state index < -0.39 is 6.04 Å². The summed E-state index contributed by atoms with van der Waals surface area (Å²) in [6, 6.07) is 19.5. The van der Waals surface area contributed by atoms with Gasteiger partial charge >= 0.3 is 0 Å². The fraction of sp³-hybridized carbons (Fsp3) is 0.381. The number of hydrogen-bond acceptors (Lipinski definition) is 3. The van der Waals surface area contributed by atoms with Gasteiger partial charge in [-0.15, -0.1) is 0 Å². The van der Waals surface area contributed by atoms with Crippen molar-refractivity contribution in [2.24, 2.45) is 11.7 Å². The molecule has 0 heterocycles. The number of nitrogens with two attached hydrogens (primary N) is 1. The van der Waals surface area contributed by atoms with Crippen LogP contribution in [0.1, 0.15) is 25.0 Å². The molecule has 2 aromatic rings. The van der Waals surface area contributed by atoms with E-state index in [2.05, 4.69) is 17.4 Å². The van der Waals surface area contributed by atoms with Crippen LogP contribution in [0.4, 0.5) is 0 Å². The van der Waals surface area contributed by atoms with Gasteiger partial charge in [0.2, 0.25) is 5.91 Å². The van der Waals surface area contributed by atoms with Crippen molar-refractivity contribution in [2.45, 2.75) is 39.0 Å². The van der Waals surface area contributed by atoms with Crippen LogP contribution in [0.15, 0.2) is 60.7 Å². The van der Waals surface area contributed by atoms with Crippen molar-refractivity contribution in [1.82, 2.24) is 5.32 Å². The Hall–Kier alpha value is -2.17. The van der Waals surface area contributed by atoms with E-state index in [1.807, 2.05) is 62.4 Å². The molecule has 0 aliphatic carbocycles. The summed E-state index contributed by atoms with van der Waals surface area (Å²) in [6.07, 6.45) is 0.714. The zero-order valence-corrected chi connectivity index (χ0v) is 15.0. The second-order valence-electron chi connectivity index (χ2n) is 6.67. The molecule has 1 amide bonds. The number of hydrogen-bond donors (Lipinski definition) is 2. The fourth-order valence-corrected chi connectivity index (χ4v) is 2.54. The Morgan fingerprint density at radius 3 is 2.12 bits per heavy atom. The van der Waals surface area contributed by atoms with Gasteiger partial charge in [0.25, 0.3) is 0 Å². The van der Waals surface area contributed by atoms with E-state index in [1.165, 1.54) is 0 Å². The highest BCUT2D eigenvalue weighted by Crippen LogP contribution is 2.07. The predicted molar refractivity (Wildman–Crippen MR) is 101 cm³/mol. The molecule has 4 nitrogen and oxygen atoms in total. The van der Waals surface area contributed by atoms with Crippen molar-refractivity contribution < 1.29 is 9.53 Å². The highest BCUT2D eigenvalue weighted by molar-refractivity contribution is 5.82. The van der Waals surface area contributed by atoms with Crippen molar-refractivity contribution >= 4 is 5.91 Å². The number of ether oxygens (including phenoxy) is 1. The van der Waals surface area contributed by atoms with E-state index in [0.29, 0.717) is 19.6 Å². The van der Waals surface area contributed by atoms with Gasteiger partial charge in [0, 0.05) is 0 Å². The largest absolute Gasteiger partial charge is 0.375 e. The summed E-state index contributed by atoms with van der Waals surface area (Å²) in [7, 11) is 0. The normalized spacial score (nSPS) is 13.4. The zero-order valence-electron chi connectivity index (χ0n) is 15.0. The highest BCUT2D eigenvalue weighted by atomic mass is 16.5. The Kier molecular flexibility index (Phi) is 7.64. The lowest BCUT2D eigenvalue weighted by molar-refractivity contribution is -0.124. The lowest BCUT2D eigenvalue weighted by atomic mass is 10.0. The van der Waals surface area contributed by atoms with E-state index in [9.17, 15) is 4.79 Å². The third kappa shape index (κ3) is 6.69. The van der Waals surface area contributed by atoms with Crippen LogP contribution in [-0.4, -0.2) is 24.6 Å². The Balaban J connectivity index is 1.94. The molecule has 0 radical (unpaired) electrons. The Bertz CT molecular complexity index is 629. The van der Waals surface area contributed by atoms with Gasteiger partial charge in [-0.05, 0) is 23.5 Å². The van der Waals surface area contributed by atoms with E-state index in [4.69, 9.17) is 10.5 Å². The molecule has 0 spiro atoms. The lowest BCUT2D eigenvalue weighted by Gasteiger charge is -2.23. The summed E-state index contributed by atoms with van der Waals surface area (Å²) in [5, 5.41) is 3.04. The average Bonchev–Trinajstić information content (AvgIpc) is 2.62. The second-order valence-corrected chi connectivity index (χ2v) is 6.67. The molecule has 3 N–H and O–H groups in total. The zero-order chi connectivity index (χ0) is 18.1. The van der Waals surface area contributed by atoms with E-state index in [-0.39, 0.29) is 17.9 Å². The molecule has 0 aliphatic rings. The van der Waals surface area contributed by atoms with Crippen LogP contribution in [0, 0.1) is 5.92 Å². The van der Waals surface area contributed by atoms with Crippen LogP contribution in [0.5, 0.6) is 0 Å². The monoisotopic (exact) mass is 340 g/mol. The molecule has 0 aliphatic heterocycles. The Morgan fingerprint density at radius 2 is 1.56 bits per heavy atom. The third-order valence-electron chi connectivity index (χ3n) is 4.12. The molecule has 0 fully saturated rings. The molecule has 2 aromatic carbocycles. The maximum absolute atomic E-state index is 12.3. The Morgan fingerprint density at radius 1 is 1.00 bits per heavy atom. The van der Waals surface area contributed by atoms with Crippen molar-refractivity contribution in [3.8, 4) is 0 Å². The smallest absolute Gasteiger partial charge is 0.237 e. The molecular formula is C21H28N2O2. The quantitative estimate of drug-likeness (QED) is 0.738. The molecule has 0 unspecified atom stereocenters. The third-order valence-corrected chi connectivity index (χ3v) is 4.12. The van der Waals surface area contributed by atoms with Crippen LogP contribution in [0.2, 0.25) is 0 Å². The van der Waals surface area contributed by atoms with Crippen molar-refractivity contribution in [3.63, 3.8) is 0 Å². The molecule has 4 heteroatoms. The first-order valence-electron chi connectivity index (χ1n) is 8.78. The molecule has 25 heavy (non-hydrogen) atoms. The second kappa shape index (κ2) is 9.97. The number of nitrogens with one attached hydrogen (secondary N) is 1. The van der Waals surface area contributed by atoms with Gasteiger partial charge in [-0.1, -0.05) is 74.5 Å². The van der Waals surface area contributed by atoms with Gasteiger partial charge in [-0.2, -0.15) is 0 Å². The van der Waals surface area contributed by atoms with E-state index >= 15 is 0 Å². The molecule has 2 atom stereocenters. The molecule has 0 saturated carbocycles. The maximum atomic E-state index is 12.3. The maximum Gasteiger partial charge on any atom is 0.237 e. The van der Waals surface area contributed by atoms with E-state index in [1.54, 1.807) is 0 Å². The number of carbonyl (C=O) groups excluding carboxylic acids is 1. The predicted octanol–water partition coefficient (Wildman–Crippen LogP) is 2.91. The first kappa shape index (κ1) is 19.2. The number of rotatable bonds is 9. The van der Waals surface area contributed by atoms with Crippen LogP contribution < -0.4 is 11.1 Å². The summed E-state index contributed by atoms with van der Waals surface area (Å²) in [5.74, 6) is -0.0261. The van der Waals surface area contributed by atoms with Crippen molar-refractivity contribution in [2.75, 3.05) is 6.61 Å². The lowest BCUT2D eigenvalue weighted by Crippen LogP contribution is -2.49. The van der Waals surface area contributed by atoms with Crippen LogP contribution >= 0.6 is 0 Å². The summed E-state index contributed by atoms with van der Waals surface area (Å²) in [4.78, 5) is 12.3. The summed E-state index contributed by atoms with van der Waals surface area (Å²) < 4.78 is 5.84. The van der Waals surface area contributed by atoms with Crippen LogP contribution in [0.25, 0.3) is 0 Å². The first-order chi connectivity index (χ1) is 12.1. The summed E-state index contributed by atoms with van der Waals surface area (Å²) in [5.41, 5.74) is 8.25. The first-order valence-corrected chi connectivity index (χ1v) is 8.78. The van der Waals surface area contributed by atoms with Crippen molar-refractivity contribution in [3.05, 3.63) is 71.8 Å². The van der Waals surface area contributed by atoms with Gasteiger partial charge in [-0.3, -0.25) is 4.79 Å². The summed E-state index contributed by atoms with van der Waals surface area (Å²) in [6.45, 7) is 4.86. The van der Waals surface area contributed by atoms with Gasteiger partial charge < -0.3 is 15.8 Å². The molecule has 0 bridgehead atoms. The molecular weight excluding hydrogens is 312 g/mol. The van der Waals surface area contributed by atoms with Crippen molar-refractivity contribution in [1.29, 1.82) is 0 Å². The number of benzene rings is 2. The Labute approximate surface area is 150 Å². The number of amides is 1. The van der Waals surface area contributed by atoms with Crippen LogP contribution in [-0.2, 0) is 22.6 Å². The molecule has 134 valence electrons. The van der Waals surface area contributed by atoms with Crippen LogP contribution in [0.3, 0.4) is 0 Å². The van der Waals surface area contributed by atoms with Gasteiger partial charge in [0.15, 0.2) is 0 Å². The molecule has 0 saturated heterocycles. The average molecular weight is 340 g/mol.